The second-order valence-corrected chi connectivity index (χ2v) is 11.0. The molecule has 0 bridgehead atoms. The fraction of sp³-hybridized carbons (Fsp3) is 0.800. The van der Waals surface area contributed by atoms with Gasteiger partial charge in [-0.1, -0.05) is 19.9 Å². The van der Waals surface area contributed by atoms with Crippen molar-refractivity contribution < 1.29 is 8.85 Å². The maximum absolute atomic E-state index is 5.93. The summed E-state index contributed by atoms with van der Waals surface area (Å²) in [5.41, 5.74) is 0.351. The SMILES string of the molecule is CCC=COC(CC)[SiH2]O[Si](C)(C)C. The van der Waals surface area contributed by atoms with Crippen molar-refractivity contribution in [3.8, 4) is 0 Å². The molecule has 0 fully saturated rings. The van der Waals surface area contributed by atoms with Crippen LogP contribution in [0.25, 0.3) is 0 Å². The van der Waals surface area contributed by atoms with Gasteiger partial charge in [-0.2, -0.15) is 0 Å². The van der Waals surface area contributed by atoms with Crippen LogP contribution in [0.1, 0.15) is 26.7 Å². The molecular weight excluding hydrogens is 208 g/mol. The van der Waals surface area contributed by atoms with Crippen LogP contribution in [0.2, 0.25) is 19.6 Å². The molecule has 0 aliphatic heterocycles. The summed E-state index contributed by atoms with van der Waals surface area (Å²) in [5, 5.41) is 0. The van der Waals surface area contributed by atoms with Crippen molar-refractivity contribution in [3.05, 3.63) is 12.3 Å². The van der Waals surface area contributed by atoms with Crippen LogP contribution in [0.5, 0.6) is 0 Å². The zero-order valence-corrected chi connectivity index (χ0v) is 12.6. The summed E-state index contributed by atoms with van der Waals surface area (Å²) in [4.78, 5) is 0. The van der Waals surface area contributed by atoms with E-state index in [9.17, 15) is 0 Å². The lowest BCUT2D eigenvalue weighted by atomic mass is 10.5. The van der Waals surface area contributed by atoms with Crippen molar-refractivity contribution in [2.45, 2.75) is 52.1 Å². The summed E-state index contributed by atoms with van der Waals surface area (Å²) in [6, 6.07) is 0. The first-order valence-corrected chi connectivity index (χ1v) is 10.2. The number of ether oxygens (including phenoxy) is 1. The van der Waals surface area contributed by atoms with E-state index in [4.69, 9.17) is 8.85 Å². The quantitative estimate of drug-likeness (QED) is 0.496. The van der Waals surface area contributed by atoms with Crippen molar-refractivity contribution in [1.82, 2.24) is 0 Å². The zero-order valence-electron chi connectivity index (χ0n) is 10.2. The number of allylic oxidation sites excluding steroid dienone is 1. The van der Waals surface area contributed by atoms with Crippen LogP contribution >= 0.6 is 0 Å². The van der Waals surface area contributed by atoms with Crippen LogP contribution in [0.4, 0.5) is 0 Å². The highest BCUT2D eigenvalue weighted by atomic mass is 28.4. The Labute approximate surface area is 91.8 Å². The second kappa shape index (κ2) is 7.26. The minimum Gasteiger partial charge on any atom is -0.500 e. The van der Waals surface area contributed by atoms with Gasteiger partial charge in [0.25, 0.3) is 0 Å². The van der Waals surface area contributed by atoms with E-state index in [1.165, 1.54) is 0 Å². The molecule has 0 saturated heterocycles. The molecule has 0 aromatic carbocycles. The Morgan fingerprint density at radius 3 is 2.36 bits per heavy atom. The van der Waals surface area contributed by atoms with E-state index in [0.717, 1.165) is 12.8 Å². The van der Waals surface area contributed by atoms with E-state index in [1.54, 1.807) is 0 Å². The molecule has 2 nitrogen and oxygen atoms in total. The van der Waals surface area contributed by atoms with Gasteiger partial charge in [-0.15, -0.1) is 0 Å². The molecule has 0 aliphatic rings. The Morgan fingerprint density at radius 2 is 1.93 bits per heavy atom. The van der Waals surface area contributed by atoms with E-state index in [2.05, 4.69) is 33.5 Å². The summed E-state index contributed by atoms with van der Waals surface area (Å²) in [6.45, 7) is 11.0. The van der Waals surface area contributed by atoms with Gasteiger partial charge in [0.1, 0.15) is 5.73 Å². The number of hydrogen-bond donors (Lipinski definition) is 0. The highest BCUT2D eigenvalue weighted by molar-refractivity contribution is 6.74. The molecule has 0 spiro atoms. The van der Waals surface area contributed by atoms with Gasteiger partial charge in [-0.05, 0) is 32.5 Å². The minimum atomic E-state index is -1.33. The summed E-state index contributed by atoms with van der Waals surface area (Å²) < 4.78 is 11.5. The molecule has 0 aromatic rings. The van der Waals surface area contributed by atoms with Crippen molar-refractivity contribution in [2.75, 3.05) is 0 Å². The fourth-order valence-electron chi connectivity index (χ4n) is 0.859. The van der Waals surface area contributed by atoms with Crippen LogP contribution in [-0.2, 0) is 8.85 Å². The predicted molar refractivity (Wildman–Crippen MR) is 67.6 cm³/mol. The Balaban J connectivity index is 3.74. The van der Waals surface area contributed by atoms with E-state index in [-0.39, 0.29) is 0 Å². The molecule has 0 amide bonds. The molecule has 1 atom stereocenters. The first kappa shape index (κ1) is 13.9. The highest BCUT2D eigenvalue weighted by Crippen LogP contribution is 2.05. The summed E-state index contributed by atoms with van der Waals surface area (Å²) in [6.07, 6.45) is 5.97. The molecule has 84 valence electrons. The van der Waals surface area contributed by atoms with E-state index in [0.29, 0.717) is 5.73 Å². The summed E-state index contributed by atoms with van der Waals surface area (Å²) in [7, 11) is -1.84. The normalized spacial score (nSPS) is 15.5. The molecule has 0 aliphatic carbocycles. The first-order chi connectivity index (χ1) is 6.49. The van der Waals surface area contributed by atoms with Gasteiger partial charge >= 0.3 is 0 Å². The fourth-order valence-corrected chi connectivity index (χ4v) is 4.03. The smallest absolute Gasteiger partial charge is 0.191 e. The minimum absolute atomic E-state index is 0.351. The van der Waals surface area contributed by atoms with Crippen LogP contribution in [0.15, 0.2) is 12.3 Å². The molecular formula is C10H24O2Si2. The number of hydrogen-bond acceptors (Lipinski definition) is 2. The van der Waals surface area contributed by atoms with E-state index < -0.39 is 18.1 Å². The average Bonchev–Trinajstić information content (AvgIpc) is 2.09. The lowest BCUT2D eigenvalue weighted by Crippen LogP contribution is -2.33. The molecule has 0 aromatic heterocycles. The molecule has 1 unspecified atom stereocenters. The molecule has 0 rings (SSSR count). The molecule has 14 heavy (non-hydrogen) atoms. The van der Waals surface area contributed by atoms with Crippen LogP contribution in [-0.4, -0.2) is 23.8 Å². The average molecular weight is 232 g/mol. The lowest BCUT2D eigenvalue weighted by molar-refractivity contribution is 0.197. The second-order valence-electron chi connectivity index (χ2n) is 4.37. The molecule has 0 saturated carbocycles. The maximum Gasteiger partial charge on any atom is 0.191 e. The van der Waals surface area contributed by atoms with Gasteiger partial charge in [0.05, 0.1) is 6.26 Å². The van der Waals surface area contributed by atoms with Crippen molar-refractivity contribution in [1.29, 1.82) is 0 Å². The van der Waals surface area contributed by atoms with Crippen molar-refractivity contribution in [3.63, 3.8) is 0 Å². The highest BCUT2D eigenvalue weighted by Gasteiger charge is 2.17. The van der Waals surface area contributed by atoms with Crippen LogP contribution in [0, 0.1) is 0 Å². The largest absolute Gasteiger partial charge is 0.500 e. The monoisotopic (exact) mass is 232 g/mol. The third-order valence-electron chi connectivity index (χ3n) is 1.76. The van der Waals surface area contributed by atoms with Gasteiger partial charge in [0.15, 0.2) is 18.1 Å². The first-order valence-electron chi connectivity index (χ1n) is 5.44. The lowest BCUT2D eigenvalue weighted by Gasteiger charge is -2.21. The van der Waals surface area contributed by atoms with Crippen LogP contribution < -0.4 is 0 Å². The maximum atomic E-state index is 5.93. The zero-order chi connectivity index (χ0) is 11.0. The van der Waals surface area contributed by atoms with Crippen molar-refractivity contribution >= 4 is 18.1 Å². The summed E-state index contributed by atoms with van der Waals surface area (Å²) >= 11 is 0. The molecule has 4 heteroatoms. The molecule has 0 N–H and O–H groups in total. The van der Waals surface area contributed by atoms with Crippen molar-refractivity contribution in [2.24, 2.45) is 0 Å². The molecule has 0 radical (unpaired) electrons. The topological polar surface area (TPSA) is 18.5 Å². The van der Waals surface area contributed by atoms with E-state index in [1.807, 2.05) is 12.3 Å². The van der Waals surface area contributed by atoms with Gasteiger partial charge in [0.2, 0.25) is 0 Å². The van der Waals surface area contributed by atoms with Gasteiger partial charge < -0.3 is 8.85 Å². The Bertz CT molecular complexity index is 164. The third kappa shape index (κ3) is 8.53. The molecule has 0 heterocycles. The van der Waals surface area contributed by atoms with E-state index >= 15 is 0 Å². The third-order valence-corrected chi connectivity index (χ3v) is 7.03. The summed E-state index contributed by atoms with van der Waals surface area (Å²) in [5.74, 6) is 0. The van der Waals surface area contributed by atoms with Gasteiger partial charge in [-0.25, -0.2) is 0 Å². The Morgan fingerprint density at radius 1 is 1.29 bits per heavy atom. The number of rotatable bonds is 7. The Kier molecular flexibility index (Phi) is 7.22. The standard InChI is InChI=1S/C10H24O2Si2/c1-6-8-9-11-10(7-2)13-12-14(3,4)5/h8-10H,6-7,13H2,1-5H3. The van der Waals surface area contributed by atoms with Gasteiger partial charge in [-0.3, -0.25) is 0 Å². The van der Waals surface area contributed by atoms with Crippen LogP contribution in [0.3, 0.4) is 0 Å². The predicted octanol–water partition coefficient (Wildman–Crippen LogP) is 2.60. The van der Waals surface area contributed by atoms with Gasteiger partial charge in [0, 0.05) is 0 Å². The Hall–Kier alpha value is -0.0662.